The van der Waals surface area contributed by atoms with Crippen LogP contribution < -0.4 is 5.56 Å². The highest BCUT2D eigenvalue weighted by molar-refractivity contribution is 7.17. The number of benzene rings is 1. The summed E-state index contributed by atoms with van der Waals surface area (Å²) in [7, 11) is 0. The zero-order valence-corrected chi connectivity index (χ0v) is 14.4. The number of hydrogen-bond donors (Lipinski definition) is 0. The van der Waals surface area contributed by atoms with E-state index >= 15 is 0 Å². The van der Waals surface area contributed by atoms with Gasteiger partial charge in [-0.15, -0.1) is 11.3 Å². The molecule has 8 heteroatoms. The van der Waals surface area contributed by atoms with Gasteiger partial charge in [-0.3, -0.25) is 9.20 Å². The van der Waals surface area contributed by atoms with E-state index in [0.717, 1.165) is 54.5 Å². The van der Waals surface area contributed by atoms with Crippen molar-refractivity contribution in [2.24, 2.45) is 0 Å². The van der Waals surface area contributed by atoms with E-state index in [2.05, 4.69) is 4.98 Å². The zero-order chi connectivity index (χ0) is 18.3. The van der Waals surface area contributed by atoms with Crippen molar-refractivity contribution in [2.45, 2.75) is 32.3 Å². The van der Waals surface area contributed by atoms with Gasteiger partial charge in [-0.05, 0) is 37.8 Å². The normalized spacial score (nSPS) is 13.6. The predicted octanol–water partition coefficient (Wildman–Crippen LogP) is 3.27. The fourth-order valence-electron chi connectivity index (χ4n) is 3.12. The Hall–Kier alpha value is -2.61. The first-order valence-electron chi connectivity index (χ1n) is 8.19. The third-order valence-electron chi connectivity index (χ3n) is 4.33. The fourth-order valence-corrected chi connectivity index (χ4v) is 4.35. The van der Waals surface area contributed by atoms with Crippen molar-refractivity contribution in [2.75, 3.05) is 0 Å². The van der Waals surface area contributed by atoms with Crippen molar-refractivity contribution in [1.29, 1.82) is 0 Å². The van der Waals surface area contributed by atoms with Gasteiger partial charge in [0.25, 0.3) is 5.56 Å². The first kappa shape index (κ1) is 16.8. The summed E-state index contributed by atoms with van der Waals surface area (Å²) in [6.07, 6.45) is 3.91. The number of thiazole rings is 1. The minimum atomic E-state index is -1.13. The Morgan fingerprint density at radius 2 is 1.96 bits per heavy atom. The highest BCUT2D eigenvalue weighted by Crippen LogP contribution is 2.28. The molecular formula is C18H14F2N2O3S. The summed E-state index contributed by atoms with van der Waals surface area (Å²) in [5.74, 6) is -3.12. The second-order valence-electron chi connectivity index (χ2n) is 6.06. The monoisotopic (exact) mass is 376 g/mol. The number of hydrogen-bond acceptors (Lipinski definition) is 5. The molecule has 2 aromatic heterocycles. The number of ether oxygens (including phenoxy) is 1. The molecule has 0 amide bonds. The molecule has 0 fully saturated rings. The Morgan fingerprint density at radius 3 is 2.73 bits per heavy atom. The Balaban J connectivity index is 1.60. The minimum absolute atomic E-state index is 0.238. The molecule has 0 unspecified atom stereocenters. The number of rotatable bonds is 3. The quantitative estimate of drug-likeness (QED) is 0.659. The van der Waals surface area contributed by atoms with E-state index in [4.69, 9.17) is 4.74 Å². The standard InChI is InChI=1S/C18H14F2N2O3S/c19-11-4-3-5-12(20)16(11)17(24)25-9-10-8-15(23)22-13-6-1-2-7-14(13)26-18(22)21-10/h3-5,8H,1-2,6-7,9H2. The van der Waals surface area contributed by atoms with Gasteiger partial charge in [0.05, 0.1) is 5.69 Å². The summed E-state index contributed by atoms with van der Waals surface area (Å²) in [5.41, 5.74) is 0.263. The maximum Gasteiger partial charge on any atom is 0.344 e. The second kappa shape index (κ2) is 6.60. The van der Waals surface area contributed by atoms with E-state index in [1.807, 2.05) is 0 Å². The Labute approximate surface area is 150 Å². The maximum absolute atomic E-state index is 13.6. The lowest BCUT2D eigenvalue weighted by Crippen LogP contribution is -2.19. The lowest BCUT2D eigenvalue weighted by molar-refractivity contribution is 0.0456. The van der Waals surface area contributed by atoms with Gasteiger partial charge in [0.2, 0.25) is 0 Å². The molecule has 2 heterocycles. The SMILES string of the molecule is O=C(OCc1cc(=O)n2c3c(sc2n1)CCCC3)c1c(F)cccc1F. The minimum Gasteiger partial charge on any atom is -0.455 e. The zero-order valence-electron chi connectivity index (χ0n) is 13.6. The molecule has 0 saturated carbocycles. The lowest BCUT2D eigenvalue weighted by atomic mass is 10.0. The van der Waals surface area contributed by atoms with Crippen LogP contribution in [0.4, 0.5) is 8.78 Å². The summed E-state index contributed by atoms with van der Waals surface area (Å²) >= 11 is 1.45. The highest BCUT2D eigenvalue weighted by Gasteiger charge is 2.21. The molecule has 0 N–H and O–H groups in total. The predicted molar refractivity (Wildman–Crippen MR) is 91.5 cm³/mol. The fraction of sp³-hybridized carbons (Fsp3) is 0.278. The van der Waals surface area contributed by atoms with Crippen LogP contribution in [0, 0.1) is 11.6 Å². The van der Waals surface area contributed by atoms with Crippen molar-refractivity contribution in [3.8, 4) is 0 Å². The number of aryl methyl sites for hydroxylation is 2. The van der Waals surface area contributed by atoms with Gasteiger partial charge >= 0.3 is 5.97 Å². The van der Waals surface area contributed by atoms with Gasteiger partial charge in [-0.25, -0.2) is 18.6 Å². The molecule has 0 saturated heterocycles. The molecule has 26 heavy (non-hydrogen) atoms. The Kier molecular flexibility index (Phi) is 4.28. The number of nitrogens with zero attached hydrogens (tertiary/aromatic N) is 2. The Morgan fingerprint density at radius 1 is 1.23 bits per heavy atom. The third kappa shape index (κ3) is 2.90. The van der Waals surface area contributed by atoms with Gasteiger partial charge in [-0.1, -0.05) is 6.07 Å². The summed E-state index contributed by atoms with van der Waals surface area (Å²) in [6.45, 7) is -0.332. The molecular weight excluding hydrogens is 362 g/mol. The van der Waals surface area contributed by atoms with Crippen LogP contribution in [0.25, 0.3) is 4.96 Å². The number of halogens is 2. The molecule has 0 bridgehead atoms. The lowest BCUT2D eigenvalue weighted by Gasteiger charge is -2.10. The van der Waals surface area contributed by atoms with Crippen LogP contribution in [-0.2, 0) is 24.2 Å². The van der Waals surface area contributed by atoms with E-state index in [1.165, 1.54) is 17.4 Å². The third-order valence-corrected chi connectivity index (χ3v) is 5.48. The number of aromatic nitrogens is 2. The number of fused-ring (bicyclic) bond motifs is 3. The van der Waals surface area contributed by atoms with Crippen molar-refractivity contribution in [1.82, 2.24) is 9.38 Å². The van der Waals surface area contributed by atoms with E-state index in [0.29, 0.717) is 4.96 Å². The van der Waals surface area contributed by atoms with Gasteiger partial charge in [0.1, 0.15) is 23.8 Å². The van der Waals surface area contributed by atoms with Crippen molar-refractivity contribution in [3.05, 3.63) is 68.1 Å². The van der Waals surface area contributed by atoms with E-state index in [-0.39, 0.29) is 17.9 Å². The molecule has 1 aliphatic carbocycles. The molecule has 0 aliphatic heterocycles. The van der Waals surface area contributed by atoms with Crippen LogP contribution in [0.2, 0.25) is 0 Å². The van der Waals surface area contributed by atoms with Crippen molar-refractivity contribution >= 4 is 22.3 Å². The van der Waals surface area contributed by atoms with E-state index in [9.17, 15) is 18.4 Å². The molecule has 3 aromatic rings. The summed E-state index contributed by atoms with van der Waals surface area (Å²) in [6, 6.07) is 4.41. The maximum atomic E-state index is 13.6. The van der Waals surface area contributed by atoms with Gasteiger partial charge < -0.3 is 4.74 Å². The molecule has 1 aromatic carbocycles. The topological polar surface area (TPSA) is 60.7 Å². The van der Waals surface area contributed by atoms with Crippen molar-refractivity contribution in [3.63, 3.8) is 0 Å². The molecule has 5 nitrogen and oxygen atoms in total. The molecule has 0 atom stereocenters. The largest absolute Gasteiger partial charge is 0.455 e. The second-order valence-corrected chi connectivity index (χ2v) is 7.12. The van der Waals surface area contributed by atoms with E-state index in [1.54, 1.807) is 4.40 Å². The highest BCUT2D eigenvalue weighted by atomic mass is 32.1. The van der Waals surface area contributed by atoms with Crippen LogP contribution in [0.5, 0.6) is 0 Å². The molecule has 0 spiro atoms. The molecule has 134 valence electrons. The first-order valence-corrected chi connectivity index (χ1v) is 9.00. The van der Waals surface area contributed by atoms with Gasteiger partial charge in [0, 0.05) is 16.6 Å². The van der Waals surface area contributed by atoms with Gasteiger partial charge in [-0.2, -0.15) is 0 Å². The van der Waals surface area contributed by atoms with Crippen LogP contribution >= 0.6 is 11.3 Å². The van der Waals surface area contributed by atoms with E-state index < -0.39 is 23.2 Å². The first-order chi connectivity index (χ1) is 12.5. The average Bonchev–Trinajstić information content (AvgIpc) is 2.98. The van der Waals surface area contributed by atoms with Crippen LogP contribution in [-0.4, -0.2) is 15.4 Å². The van der Waals surface area contributed by atoms with Crippen LogP contribution in [0.1, 0.15) is 39.5 Å². The number of carbonyl (C=O) groups excluding carboxylic acids is 1. The summed E-state index contributed by atoms with van der Waals surface area (Å²) in [4.78, 5) is 30.5. The van der Waals surface area contributed by atoms with Crippen molar-refractivity contribution < 1.29 is 18.3 Å². The van der Waals surface area contributed by atoms with Crippen LogP contribution in [0.15, 0.2) is 29.1 Å². The van der Waals surface area contributed by atoms with Gasteiger partial charge in [0.15, 0.2) is 4.96 Å². The molecule has 0 radical (unpaired) electrons. The summed E-state index contributed by atoms with van der Waals surface area (Å²) in [5, 5.41) is 0. The Bertz CT molecular complexity index is 1050. The number of esters is 1. The number of carbonyl (C=O) groups is 1. The smallest absolute Gasteiger partial charge is 0.344 e. The molecule has 4 rings (SSSR count). The molecule has 1 aliphatic rings. The van der Waals surface area contributed by atoms with Crippen LogP contribution in [0.3, 0.4) is 0 Å². The average molecular weight is 376 g/mol. The summed E-state index contributed by atoms with van der Waals surface area (Å²) < 4.78 is 33.8.